The summed E-state index contributed by atoms with van der Waals surface area (Å²) in [5.41, 5.74) is 0.0798. The maximum absolute atomic E-state index is 4.41. The summed E-state index contributed by atoms with van der Waals surface area (Å²) >= 11 is 0. The number of hydrogen-bond donors (Lipinski definition) is 1. The van der Waals surface area contributed by atoms with Crippen molar-refractivity contribution in [1.82, 2.24) is 20.1 Å². The van der Waals surface area contributed by atoms with E-state index >= 15 is 0 Å². The Morgan fingerprint density at radius 1 is 1.38 bits per heavy atom. The summed E-state index contributed by atoms with van der Waals surface area (Å²) in [5, 5.41) is 12.3. The van der Waals surface area contributed by atoms with E-state index in [0.717, 1.165) is 37.6 Å². The van der Waals surface area contributed by atoms with Crippen LogP contribution in [0.15, 0.2) is 0 Å². The summed E-state index contributed by atoms with van der Waals surface area (Å²) in [6.07, 6.45) is 4.65. The predicted molar refractivity (Wildman–Crippen MR) is 64.3 cm³/mol. The van der Waals surface area contributed by atoms with Crippen LogP contribution in [0.2, 0.25) is 0 Å². The average molecular weight is 222 g/mol. The van der Waals surface area contributed by atoms with Crippen LogP contribution in [0.25, 0.3) is 0 Å². The van der Waals surface area contributed by atoms with E-state index in [9.17, 15) is 0 Å². The normalized spacial score (nSPS) is 25.2. The molecule has 90 valence electrons. The lowest BCUT2D eigenvalue weighted by Gasteiger charge is -2.27. The summed E-state index contributed by atoms with van der Waals surface area (Å²) in [4.78, 5) is 0. The van der Waals surface area contributed by atoms with E-state index in [1.165, 1.54) is 12.8 Å². The van der Waals surface area contributed by atoms with E-state index in [0.29, 0.717) is 0 Å². The van der Waals surface area contributed by atoms with Crippen LogP contribution in [0, 0.1) is 6.92 Å². The van der Waals surface area contributed by atoms with Crippen molar-refractivity contribution in [3.63, 3.8) is 0 Å². The van der Waals surface area contributed by atoms with Crippen LogP contribution in [0.5, 0.6) is 0 Å². The smallest absolute Gasteiger partial charge is 0.153 e. The molecule has 1 N–H and O–H groups in total. The van der Waals surface area contributed by atoms with Crippen molar-refractivity contribution in [2.24, 2.45) is 0 Å². The Labute approximate surface area is 97.5 Å². The molecular weight excluding hydrogens is 200 g/mol. The maximum atomic E-state index is 4.41. The van der Waals surface area contributed by atoms with Gasteiger partial charge in [-0.05, 0) is 39.2 Å². The summed E-state index contributed by atoms with van der Waals surface area (Å²) in [5.74, 6) is 2.19. The van der Waals surface area contributed by atoms with Crippen LogP contribution in [-0.4, -0.2) is 21.3 Å². The summed E-state index contributed by atoms with van der Waals surface area (Å²) in [7, 11) is 0. The van der Waals surface area contributed by atoms with Gasteiger partial charge in [-0.2, -0.15) is 0 Å². The molecule has 0 amide bonds. The van der Waals surface area contributed by atoms with Gasteiger partial charge in [0.25, 0.3) is 0 Å². The first-order valence-electron chi connectivity index (χ1n) is 6.39. The fourth-order valence-corrected chi connectivity index (χ4v) is 2.68. The van der Waals surface area contributed by atoms with Gasteiger partial charge in [0.05, 0.1) is 5.54 Å². The zero-order valence-electron chi connectivity index (χ0n) is 10.6. The molecule has 1 aromatic heterocycles. The number of aryl methyl sites for hydroxylation is 1. The largest absolute Gasteiger partial charge is 0.314 e. The zero-order chi connectivity index (χ0) is 11.6. The second kappa shape index (κ2) is 4.53. The summed E-state index contributed by atoms with van der Waals surface area (Å²) in [6.45, 7) is 8.61. The van der Waals surface area contributed by atoms with Crippen molar-refractivity contribution in [2.75, 3.05) is 6.54 Å². The highest BCUT2D eigenvalue weighted by atomic mass is 15.3. The summed E-state index contributed by atoms with van der Waals surface area (Å²) in [6, 6.07) is 0. The molecule has 16 heavy (non-hydrogen) atoms. The van der Waals surface area contributed by atoms with Gasteiger partial charge in [-0.1, -0.05) is 13.8 Å². The average Bonchev–Trinajstić information content (AvgIpc) is 2.88. The van der Waals surface area contributed by atoms with Gasteiger partial charge in [0.15, 0.2) is 5.82 Å². The third-order valence-corrected chi connectivity index (χ3v) is 3.66. The van der Waals surface area contributed by atoms with E-state index in [1.54, 1.807) is 0 Å². The molecule has 1 aliphatic rings. The summed E-state index contributed by atoms with van der Waals surface area (Å²) < 4.78 is 2.28. The van der Waals surface area contributed by atoms with Crippen molar-refractivity contribution in [1.29, 1.82) is 0 Å². The Balaban J connectivity index is 2.37. The monoisotopic (exact) mass is 222 g/mol. The van der Waals surface area contributed by atoms with Crippen molar-refractivity contribution >= 4 is 0 Å². The predicted octanol–water partition coefficient (Wildman–Crippen LogP) is 1.99. The lowest BCUT2D eigenvalue weighted by Crippen LogP contribution is -2.39. The number of rotatable bonds is 4. The molecule has 0 bridgehead atoms. The Morgan fingerprint density at radius 2 is 2.19 bits per heavy atom. The minimum absolute atomic E-state index is 0.0798. The third kappa shape index (κ3) is 1.75. The van der Waals surface area contributed by atoms with Crippen LogP contribution in [0.4, 0.5) is 0 Å². The van der Waals surface area contributed by atoms with E-state index in [1.807, 2.05) is 6.92 Å². The second-order valence-electron chi connectivity index (χ2n) is 4.69. The first-order valence-corrected chi connectivity index (χ1v) is 6.39. The van der Waals surface area contributed by atoms with Crippen LogP contribution in [0.3, 0.4) is 0 Å². The Bertz CT molecular complexity index is 350. The fourth-order valence-electron chi connectivity index (χ4n) is 2.68. The van der Waals surface area contributed by atoms with Crippen molar-refractivity contribution in [3.8, 4) is 0 Å². The van der Waals surface area contributed by atoms with Crippen LogP contribution < -0.4 is 5.32 Å². The molecule has 1 saturated heterocycles. The number of aromatic nitrogens is 3. The minimum atomic E-state index is 0.0798. The molecule has 0 spiro atoms. The molecule has 1 atom stereocenters. The van der Waals surface area contributed by atoms with Gasteiger partial charge < -0.3 is 9.88 Å². The fraction of sp³-hybridized carbons (Fsp3) is 0.833. The highest BCUT2D eigenvalue weighted by Gasteiger charge is 2.38. The van der Waals surface area contributed by atoms with Gasteiger partial charge in [0, 0.05) is 6.54 Å². The Kier molecular flexibility index (Phi) is 3.28. The molecule has 1 unspecified atom stereocenters. The molecule has 0 radical (unpaired) electrons. The molecule has 4 heteroatoms. The van der Waals surface area contributed by atoms with E-state index in [4.69, 9.17) is 0 Å². The van der Waals surface area contributed by atoms with Gasteiger partial charge in [-0.15, -0.1) is 10.2 Å². The topological polar surface area (TPSA) is 42.7 Å². The maximum Gasteiger partial charge on any atom is 0.153 e. The molecule has 0 aliphatic carbocycles. The number of nitrogens with one attached hydrogen (secondary N) is 1. The molecule has 1 aromatic rings. The second-order valence-corrected chi connectivity index (χ2v) is 4.69. The first kappa shape index (κ1) is 11.6. The van der Waals surface area contributed by atoms with E-state index in [-0.39, 0.29) is 5.54 Å². The molecule has 1 fully saturated rings. The zero-order valence-corrected chi connectivity index (χ0v) is 10.6. The Hall–Kier alpha value is -0.900. The molecule has 1 aliphatic heterocycles. The van der Waals surface area contributed by atoms with Crippen molar-refractivity contribution in [3.05, 3.63) is 11.6 Å². The van der Waals surface area contributed by atoms with Gasteiger partial charge >= 0.3 is 0 Å². The quantitative estimate of drug-likeness (QED) is 0.847. The molecule has 2 rings (SSSR count). The van der Waals surface area contributed by atoms with Crippen molar-refractivity contribution in [2.45, 2.75) is 58.5 Å². The number of nitrogens with zero attached hydrogens (tertiary/aromatic N) is 3. The lowest BCUT2D eigenvalue weighted by atomic mass is 9.93. The molecule has 2 heterocycles. The highest BCUT2D eigenvalue weighted by Crippen LogP contribution is 2.33. The highest BCUT2D eigenvalue weighted by molar-refractivity contribution is 5.11. The molecule has 0 saturated carbocycles. The van der Waals surface area contributed by atoms with Gasteiger partial charge in [0.2, 0.25) is 0 Å². The standard InChI is InChI=1S/C12H22N4/c1-4-9-16-10(3)14-15-11(16)12(5-2)7-6-8-13-12/h13H,4-9H2,1-3H3. The SMILES string of the molecule is CCCn1c(C)nnc1C1(CC)CCCN1. The van der Waals surface area contributed by atoms with Gasteiger partial charge in [-0.3, -0.25) is 0 Å². The third-order valence-electron chi connectivity index (χ3n) is 3.66. The first-order chi connectivity index (χ1) is 7.73. The molecular formula is C12H22N4. The van der Waals surface area contributed by atoms with Crippen LogP contribution >= 0.6 is 0 Å². The minimum Gasteiger partial charge on any atom is -0.314 e. The molecule has 4 nitrogen and oxygen atoms in total. The van der Waals surface area contributed by atoms with E-state index < -0.39 is 0 Å². The van der Waals surface area contributed by atoms with Crippen LogP contribution in [-0.2, 0) is 12.1 Å². The lowest BCUT2D eigenvalue weighted by molar-refractivity contribution is 0.334. The van der Waals surface area contributed by atoms with Crippen molar-refractivity contribution < 1.29 is 0 Å². The number of hydrogen-bond acceptors (Lipinski definition) is 3. The van der Waals surface area contributed by atoms with Crippen LogP contribution in [0.1, 0.15) is 51.2 Å². The van der Waals surface area contributed by atoms with E-state index in [2.05, 4.69) is 33.9 Å². The van der Waals surface area contributed by atoms with Gasteiger partial charge in [-0.25, -0.2) is 0 Å². The molecule has 0 aromatic carbocycles. The van der Waals surface area contributed by atoms with Gasteiger partial charge in [0.1, 0.15) is 5.82 Å². The Morgan fingerprint density at radius 3 is 2.75 bits per heavy atom.